The summed E-state index contributed by atoms with van der Waals surface area (Å²) < 4.78 is 1.61. The van der Waals surface area contributed by atoms with Crippen LogP contribution in [0.4, 0.5) is 0 Å². The number of aromatic nitrogens is 1. The Labute approximate surface area is 121 Å². The first-order chi connectivity index (χ1) is 9.50. The van der Waals surface area contributed by atoms with E-state index in [9.17, 15) is 14.4 Å². The lowest BCUT2D eigenvalue weighted by molar-refractivity contribution is -0.141. The maximum atomic E-state index is 11.4. The number of aryl methyl sites for hydroxylation is 1. The summed E-state index contributed by atoms with van der Waals surface area (Å²) >= 11 is 1.56. The van der Waals surface area contributed by atoms with Crippen LogP contribution in [0.5, 0.6) is 0 Å². The van der Waals surface area contributed by atoms with Gasteiger partial charge in [-0.05, 0) is 18.2 Å². The minimum absolute atomic E-state index is 0.0465. The molecule has 6 nitrogen and oxygen atoms in total. The predicted molar refractivity (Wildman–Crippen MR) is 77.9 cm³/mol. The first kappa shape index (κ1) is 16.3. The number of pyridine rings is 1. The van der Waals surface area contributed by atoms with E-state index in [1.54, 1.807) is 34.7 Å². The van der Waals surface area contributed by atoms with Crippen LogP contribution in [0.15, 0.2) is 29.2 Å². The van der Waals surface area contributed by atoms with E-state index in [2.05, 4.69) is 5.32 Å². The van der Waals surface area contributed by atoms with Crippen molar-refractivity contribution in [3.8, 4) is 0 Å². The number of carboxylic acids is 1. The lowest BCUT2D eigenvalue weighted by Gasteiger charge is -2.12. The first-order valence-corrected chi connectivity index (χ1v) is 7.39. The van der Waals surface area contributed by atoms with E-state index >= 15 is 0 Å². The predicted octanol–water partition coefficient (Wildman–Crippen LogP) is 0.561. The molecule has 1 rings (SSSR count). The highest BCUT2D eigenvalue weighted by Gasteiger charge is 2.17. The molecular formula is C13H18N2O4S. The zero-order valence-electron chi connectivity index (χ0n) is 11.2. The van der Waals surface area contributed by atoms with E-state index in [1.807, 2.05) is 0 Å². The molecule has 0 aliphatic rings. The molecule has 1 aromatic rings. The quantitative estimate of drug-likeness (QED) is 0.685. The Bertz CT molecular complexity index is 515. The van der Waals surface area contributed by atoms with Crippen molar-refractivity contribution < 1.29 is 14.7 Å². The van der Waals surface area contributed by atoms with Crippen molar-refractivity contribution in [2.24, 2.45) is 0 Å². The van der Waals surface area contributed by atoms with Crippen LogP contribution in [0.2, 0.25) is 0 Å². The van der Waals surface area contributed by atoms with Gasteiger partial charge in [-0.2, -0.15) is 11.8 Å². The number of carbonyl (C=O) groups excluding carboxylic acids is 1. The molecule has 0 bridgehead atoms. The van der Waals surface area contributed by atoms with Crippen LogP contribution in [0.3, 0.4) is 0 Å². The molecule has 1 atom stereocenters. The van der Waals surface area contributed by atoms with E-state index in [0.717, 1.165) is 5.75 Å². The first-order valence-electron chi connectivity index (χ1n) is 6.24. The van der Waals surface area contributed by atoms with Gasteiger partial charge in [-0.3, -0.25) is 9.59 Å². The number of nitrogens with one attached hydrogen (secondary N) is 1. The lowest BCUT2D eigenvalue weighted by Crippen LogP contribution is -2.39. The number of amides is 1. The van der Waals surface area contributed by atoms with Crippen molar-refractivity contribution in [1.29, 1.82) is 0 Å². The average Bonchev–Trinajstić information content (AvgIpc) is 2.38. The summed E-state index contributed by atoms with van der Waals surface area (Å²) in [7, 11) is 0. The van der Waals surface area contributed by atoms with Gasteiger partial charge in [0.2, 0.25) is 5.91 Å². The maximum Gasteiger partial charge on any atom is 0.326 e. The summed E-state index contributed by atoms with van der Waals surface area (Å²) in [6, 6.07) is 4.14. The van der Waals surface area contributed by atoms with Crippen LogP contribution in [-0.2, 0) is 16.1 Å². The maximum absolute atomic E-state index is 11.4. The smallest absolute Gasteiger partial charge is 0.326 e. The van der Waals surface area contributed by atoms with Crippen molar-refractivity contribution in [1.82, 2.24) is 9.88 Å². The second-order valence-electron chi connectivity index (χ2n) is 4.22. The molecule has 0 aliphatic carbocycles. The highest BCUT2D eigenvalue weighted by molar-refractivity contribution is 7.99. The Morgan fingerprint density at radius 3 is 2.75 bits per heavy atom. The number of hydrogen-bond acceptors (Lipinski definition) is 4. The monoisotopic (exact) mass is 298 g/mol. The van der Waals surface area contributed by atoms with Crippen LogP contribution in [-0.4, -0.2) is 39.1 Å². The van der Waals surface area contributed by atoms with Crippen LogP contribution >= 0.6 is 11.8 Å². The molecule has 110 valence electrons. The van der Waals surface area contributed by atoms with Gasteiger partial charge in [-0.1, -0.05) is 6.07 Å². The summed E-state index contributed by atoms with van der Waals surface area (Å²) in [6.45, 7) is 1.88. The molecular weight excluding hydrogens is 280 g/mol. The minimum Gasteiger partial charge on any atom is -0.480 e. The molecule has 0 spiro atoms. The fourth-order valence-corrected chi connectivity index (χ4v) is 2.55. The van der Waals surface area contributed by atoms with Crippen molar-refractivity contribution in [3.63, 3.8) is 0 Å². The van der Waals surface area contributed by atoms with E-state index in [0.29, 0.717) is 18.7 Å². The third-order valence-corrected chi connectivity index (χ3v) is 3.60. The Hall–Kier alpha value is -1.76. The third-order valence-electron chi connectivity index (χ3n) is 2.60. The van der Waals surface area contributed by atoms with Gasteiger partial charge in [0, 0.05) is 31.5 Å². The summed E-state index contributed by atoms with van der Waals surface area (Å²) in [5, 5.41) is 11.3. The van der Waals surface area contributed by atoms with Gasteiger partial charge in [0.1, 0.15) is 6.04 Å². The van der Waals surface area contributed by atoms with Crippen LogP contribution in [0.25, 0.3) is 0 Å². The summed E-state index contributed by atoms with van der Waals surface area (Å²) in [4.78, 5) is 33.2. The number of thioether (sulfide) groups is 1. The highest BCUT2D eigenvalue weighted by atomic mass is 32.2. The molecule has 0 saturated heterocycles. The largest absolute Gasteiger partial charge is 0.480 e. The molecule has 1 unspecified atom stereocenters. The summed E-state index contributed by atoms with van der Waals surface area (Å²) in [5.41, 5.74) is -0.0465. The molecule has 1 heterocycles. The zero-order valence-corrected chi connectivity index (χ0v) is 12.1. The molecule has 0 saturated carbocycles. The molecule has 2 N–H and O–H groups in total. The van der Waals surface area contributed by atoms with Crippen molar-refractivity contribution in [2.75, 3.05) is 11.5 Å². The number of carbonyl (C=O) groups is 2. The SMILES string of the molecule is CC(=O)NC(CCSCCn1ccccc1=O)C(=O)O. The normalized spacial score (nSPS) is 11.8. The fraction of sp³-hybridized carbons (Fsp3) is 0.462. The minimum atomic E-state index is -1.03. The second kappa shape index (κ2) is 8.42. The standard InChI is InChI=1S/C13H18N2O4S/c1-10(16)14-11(13(18)19)5-8-20-9-7-15-6-3-2-4-12(15)17/h2-4,6,11H,5,7-9H2,1H3,(H,14,16)(H,18,19). The molecule has 7 heteroatoms. The molecule has 0 aromatic carbocycles. The molecule has 0 radical (unpaired) electrons. The molecule has 1 aromatic heterocycles. The summed E-state index contributed by atoms with van der Waals surface area (Å²) in [5.74, 6) is -0.0480. The Morgan fingerprint density at radius 2 is 2.15 bits per heavy atom. The van der Waals surface area contributed by atoms with Gasteiger partial charge < -0.3 is 15.0 Å². The van der Waals surface area contributed by atoms with E-state index in [4.69, 9.17) is 5.11 Å². The Kier molecular flexibility index (Phi) is 6.86. The van der Waals surface area contributed by atoms with Gasteiger partial charge in [0.25, 0.3) is 5.56 Å². The van der Waals surface area contributed by atoms with Crippen LogP contribution in [0.1, 0.15) is 13.3 Å². The highest BCUT2D eigenvalue weighted by Crippen LogP contribution is 2.06. The van der Waals surface area contributed by atoms with Gasteiger partial charge in [-0.25, -0.2) is 4.79 Å². The van der Waals surface area contributed by atoms with E-state index in [-0.39, 0.29) is 11.5 Å². The lowest BCUT2D eigenvalue weighted by atomic mass is 10.2. The molecule has 1 amide bonds. The van der Waals surface area contributed by atoms with Gasteiger partial charge in [0.15, 0.2) is 0 Å². The number of aliphatic carboxylic acids is 1. The van der Waals surface area contributed by atoms with Gasteiger partial charge in [0.05, 0.1) is 0 Å². The Morgan fingerprint density at radius 1 is 1.40 bits per heavy atom. The van der Waals surface area contributed by atoms with Gasteiger partial charge in [-0.15, -0.1) is 0 Å². The summed E-state index contributed by atoms with van der Waals surface area (Å²) in [6.07, 6.45) is 2.09. The van der Waals surface area contributed by atoms with Gasteiger partial charge >= 0.3 is 5.97 Å². The van der Waals surface area contributed by atoms with E-state index in [1.165, 1.54) is 13.0 Å². The van der Waals surface area contributed by atoms with Crippen molar-refractivity contribution in [2.45, 2.75) is 25.9 Å². The second-order valence-corrected chi connectivity index (χ2v) is 5.45. The molecule has 0 fully saturated rings. The molecule has 0 aliphatic heterocycles. The van der Waals surface area contributed by atoms with Crippen molar-refractivity contribution >= 4 is 23.6 Å². The van der Waals surface area contributed by atoms with Crippen molar-refractivity contribution in [3.05, 3.63) is 34.7 Å². The zero-order chi connectivity index (χ0) is 15.0. The number of carboxylic acid groups (broad SMARTS) is 1. The number of rotatable bonds is 8. The van der Waals surface area contributed by atoms with Crippen LogP contribution in [0, 0.1) is 0 Å². The Balaban J connectivity index is 2.27. The average molecular weight is 298 g/mol. The fourth-order valence-electron chi connectivity index (χ4n) is 1.61. The number of nitrogens with zero attached hydrogens (tertiary/aromatic N) is 1. The van der Waals surface area contributed by atoms with Crippen LogP contribution < -0.4 is 10.9 Å². The topological polar surface area (TPSA) is 88.4 Å². The molecule has 20 heavy (non-hydrogen) atoms. The van der Waals surface area contributed by atoms with E-state index < -0.39 is 12.0 Å². The number of hydrogen-bond donors (Lipinski definition) is 2. The third kappa shape index (κ3) is 5.92.